The van der Waals surface area contributed by atoms with Gasteiger partial charge in [-0.2, -0.15) is 0 Å². The van der Waals surface area contributed by atoms with Gasteiger partial charge in [0.15, 0.2) is 6.29 Å². The van der Waals surface area contributed by atoms with E-state index in [-0.39, 0.29) is 43.2 Å². The SMILES string of the molecule is CC(C)OC(COC(=O)CCCC=O)OC(CO)CC(C)(C)C. The van der Waals surface area contributed by atoms with Gasteiger partial charge in [0.1, 0.15) is 12.9 Å². The molecule has 0 radical (unpaired) electrons. The molecule has 0 saturated carbocycles. The Bertz CT molecular complexity index is 334. The molecular weight excluding hydrogens is 300 g/mol. The van der Waals surface area contributed by atoms with Crippen LogP contribution in [0.5, 0.6) is 0 Å². The normalized spacial score (nSPS) is 14.6. The van der Waals surface area contributed by atoms with Crippen LogP contribution in [-0.4, -0.2) is 49.1 Å². The first-order valence-corrected chi connectivity index (χ1v) is 8.19. The molecule has 0 aliphatic heterocycles. The van der Waals surface area contributed by atoms with Crippen LogP contribution < -0.4 is 0 Å². The van der Waals surface area contributed by atoms with Crippen LogP contribution in [0, 0.1) is 5.41 Å². The fraction of sp³-hybridized carbons (Fsp3) is 0.882. The molecule has 6 nitrogen and oxygen atoms in total. The van der Waals surface area contributed by atoms with Gasteiger partial charge in [0.25, 0.3) is 0 Å². The van der Waals surface area contributed by atoms with E-state index in [1.807, 2.05) is 13.8 Å². The van der Waals surface area contributed by atoms with Gasteiger partial charge in [-0.3, -0.25) is 4.79 Å². The zero-order valence-corrected chi connectivity index (χ0v) is 15.0. The molecule has 0 rings (SSSR count). The summed E-state index contributed by atoms with van der Waals surface area (Å²) in [6, 6.07) is 0. The van der Waals surface area contributed by atoms with E-state index >= 15 is 0 Å². The van der Waals surface area contributed by atoms with Gasteiger partial charge in [-0.25, -0.2) is 0 Å². The van der Waals surface area contributed by atoms with E-state index in [1.54, 1.807) is 0 Å². The largest absolute Gasteiger partial charge is 0.460 e. The number of esters is 1. The van der Waals surface area contributed by atoms with Gasteiger partial charge in [0.05, 0.1) is 18.8 Å². The van der Waals surface area contributed by atoms with E-state index in [0.29, 0.717) is 19.3 Å². The minimum atomic E-state index is -0.718. The van der Waals surface area contributed by atoms with Crippen LogP contribution in [0.4, 0.5) is 0 Å². The van der Waals surface area contributed by atoms with Crippen molar-refractivity contribution < 1.29 is 28.9 Å². The van der Waals surface area contributed by atoms with Crippen LogP contribution >= 0.6 is 0 Å². The van der Waals surface area contributed by atoms with Crippen LogP contribution in [0.25, 0.3) is 0 Å². The molecule has 0 aliphatic rings. The molecule has 2 unspecified atom stereocenters. The third kappa shape index (κ3) is 13.2. The number of ether oxygens (including phenoxy) is 3. The molecule has 0 saturated heterocycles. The summed E-state index contributed by atoms with van der Waals surface area (Å²) < 4.78 is 16.5. The van der Waals surface area contributed by atoms with Crippen LogP contribution in [0.15, 0.2) is 0 Å². The van der Waals surface area contributed by atoms with Gasteiger partial charge in [-0.15, -0.1) is 0 Å². The van der Waals surface area contributed by atoms with Crippen LogP contribution in [0.2, 0.25) is 0 Å². The van der Waals surface area contributed by atoms with Gasteiger partial charge in [-0.05, 0) is 32.1 Å². The van der Waals surface area contributed by atoms with E-state index in [4.69, 9.17) is 14.2 Å². The molecule has 0 bridgehead atoms. The first-order valence-electron chi connectivity index (χ1n) is 8.19. The molecule has 0 fully saturated rings. The Balaban J connectivity index is 4.44. The molecular formula is C17H32O6. The highest BCUT2D eigenvalue weighted by atomic mass is 16.7. The topological polar surface area (TPSA) is 82.1 Å². The summed E-state index contributed by atoms with van der Waals surface area (Å²) in [7, 11) is 0. The Labute approximate surface area is 139 Å². The van der Waals surface area contributed by atoms with Crippen molar-refractivity contribution >= 4 is 12.3 Å². The van der Waals surface area contributed by atoms with E-state index < -0.39 is 6.29 Å². The van der Waals surface area contributed by atoms with Crippen molar-refractivity contribution in [2.24, 2.45) is 5.41 Å². The summed E-state index contributed by atoms with van der Waals surface area (Å²) in [5, 5.41) is 9.47. The van der Waals surface area contributed by atoms with Crippen molar-refractivity contribution in [3.63, 3.8) is 0 Å². The lowest BCUT2D eigenvalue weighted by Gasteiger charge is -2.29. The summed E-state index contributed by atoms with van der Waals surface area (Å²) in [6.07, 6.45) is 1.25. The zero-order chi connectivity index (χ0) is 17.9. The maximum absolute atomic E-state index is 11.6. The predicted molar refractivity (Wildman–Crippen MR) is 86.9 cm³/mol. The highest BCUT2D eigenvalue weighted by Gasteiger charge is 2.24. The van der Waals surface area contributed by atoms with Crippen LogP contribution in [0.1, 0.15) is 60.3 Å². The molecule has 0 spiro atoms. The van der Waals surface area contributed by atoms with Gasteiger partial charge >= 0.3 is 5.97 Å². The lowest BCUT2D eigenvalue weighted by molar-refractivity contribution is -0.220. The number of rotatable bonds is 12. The van der Waals surface area contributed by atoms with Gasteiger partial charge in [-0.1, -0.05) is 20.8 Å². The second kappa shape index (κ2) is 11.5. The van der Waals surface area contributed by atoms with E-state index in [9.17, 15) is 14.7 Å². The highest BCUT2D eigenvalue weighted by molar-refractivity contribution is 5.69. The number of carbonyl (C=O) groups is 2. The minimum Gasteiger partial charge on any atom is -0.460 e. The van der Waals surface area contributed by atoms with Crippen molar-refractivity contribution in [2.45, 2.75) is 78.8 Å². The van der Waals surface area contributed by atoms with Gasteiger partial charge in [0.2, 0.25) is 0 Å². The quantitative estimate of drug-likeness (QED) is 0.256. The number of hydrogen-bond donors (Lipinski definition) is 1. The van der Waals surface area contributed by atoms with Crippen molar-refractivity contribution in [1.82, 2.24) is 0 Å². The summed E-state index contributed by atoms with van der Waals surface area (Å²) in [4.78, 5) is 21.8. The molecule has 0 amide bonds. The molecule has 0 aromatic heterocycles. The van der Waals surface area contributed by atoms with E-state index in [0.717, 1.165) is 6.29 Å². The maximum atomic E-state index is 11.6. The Kier molecular flexibility index (Phi) is 11.0. The minimum absolute atomic E-state index is 0.00127. The number of unbranched alkanes of at least 4 members (excludes halogenated alkanes) is 1. The average Bonchev–Trinajstić information content (AvgIpc) is 2.42. The average molecular weight is 332 g/mol. The Morgan fingerprint density at radius 2 is 1.87 bits per heavy atom. The monoisotopic (exact) mass is 332 g/mol. The number of aldehydes is 1. The smallest absolute Gasteiger partial charge is 0.305 e. The first kappa shape index (κ1) is 22.0. The van der Waals surface area contributed by atoms with Crippen LogP contribution in [0.3, 0.4) is 0 Å². The molecule has 6 heteroatoms. The van der Waals surface area contributed by atoms with Crippen LogP contribution in [-0.2, 0) is 23.8 Å². The van der Waals surface area contributed by atoms with Crippen molar-refractivity contribution in [3.05, 3.63) is 0 Å². The fourth-order valence-corrected chi connectivity index (χ4v) is 2.03. The number of aliphatic hydroxyl groups is 1. The number of aliphatic hydroxyl groups excluding tert-OH is 1. The molecule has 23 heavy (non-hydrogen) atoms. The number of carbonyl (C=O) groups excluding carboxylic acids is 2. The Hall–Kier alpha value is -0.980. The van der Waals surface area contributed by atoms with Crippen molar-refractivity contribution in [3.8, 4) is 0 Å². The fourth-order valence-electron chi connectivity index (χ4n) is 2.03. The van der Waals surface area contributed by atoms with E-state index in [1.165, 1.54) is 0 Å². The summed E-state index contributed by atoms with van der Waals surface area (Å²) in [5.41, 5.74) is 0.00127. The second-order valence-corrected chi connectivity index (χ2v) is 7.06. The molecule has 0 heterocycles. The summed E-state index contributed by atoms with van der Waals surface area (Å²) in [6.45, 7) is 9.75. The maximum Gasteiger partial charge on any atom is 0.305 e. The zero-order valence-electron chi connectivity index (χ0n) is 15.0. The Morgan fingerprint density at radius 1 is 1.22 bits per heavy atom. The van der Waals surface area contributed by atoms with Crippen molar-refractivity contribution in [2.75, 3.05) is 13.2 Å². The summed E-state index contributed by atoms with van der Waals surface area (Å²) in [5.74, 6) is -0.385. The molecule has 1 N–H and O–H groups in total. The lowest BCUT2D eigenvalue weighted by Crippen LogP contribution is -2.35. The molecule has 2 atom stereocenters. The molecule has 0 aromatic rings. The van der Waals surface area contributed by atoms with Gasteiger partial charge in [0, 0.05) is 12.8 Å². The second-order valence-electron chi connectivity index (χ2n) is 7.06. The lowest BCUT2D eigenvalue weighted by atomic mass is 9.89. The highest BCUT2D eigenvalue weighted by Crippen LogP contribution is 2.23. The van der Waals surface area contributed by atoms with E-state index in [2.05, 4.69) is 20.8 Å². The molecule has 136 valence electrons. The number of hydrogen-bond acceptors (Lipinski definition) is 6. The Morgan fingerprint density at radius 3 is 2.35 bits per heavy atom. The first-order chi connectivity index (χ1) is 10.7. The summed E-state index contributed by atoms with van der Waals surface area (Å²) >= 11 is 0. The third-order valence-electron chi connectivity index (χ3n) is 2.90. The molecule has 0 aliphatic carbocycles. The van der Waals surface area contributed by atoms with Gasteiger partial charge < -0.3 is 24.1 Å². The third-order valence-corrected chi connectivity index (χ3v) is 2.90. The van der Waals surface area contributed by atoms with Crippen molar-refractivity contribution in [1.29, 1.82) is 0 Å². The standard InChI is InChI=1S/C17H32O6/c1-13(2)22-16(12-21-15(20)8-6-7-9-18)23-14(11-19)10-17(3,4)5/h9,13-14,16,19H,6-8,10-12H2,1-5H3. The predicted octanol–water partition coefficient (Wildman–Crippen LogP) is 2.46. The molecule has 0 aromatic carbocycles.